The van der Waals surface area contributed by atoms with Crippen LogP contribution in [0.3, 0.4) is 0 Å². The highest BCUT2D eigenvalue weighted by Crippen LogP contribution is 2.09. The number of halogens is 1. The fourth-order valence-corrected chi connectivity index (χ4v) is 1.71. The molecule has 4 heteroatoms. The van der Waals surface area contributed by atoms with Crippen molar-refractivity contribution in [3.8, 4) is 0 Å². The molecule has 1 aliphatic heterocycles. The van der Waals surface area contributed by atoms with Crippen molar-refractivity contribution in [3.05, 3.63) is 0 Å². The molecule has 0 aromatic heterocycles. The molecule has 0 saturated carbocycles. The third-order valence-electron chi connectivity index (χ3n) is 2.36. The molecule has 1 aliphatic rings. The Kier molecular flexibility index (Phi) is 5.01. The molecule has 0 aromatic carbocycles. The second-order valence-electron chi connectivity index (χ2n) is 3.41. The van der Waals surface area contributed by atoms with Crippen molar-refractivity contribution in [2.75, 3.05) is 26.2 Å². The minimum absolute atomic E-state index is 0.241. The highest BCUT2D eigenvalue weighted by atomic mass is 127. The molecule has 0 bridgehead atoms. The van der Waals surface area contributed by atoms with Crippen LogP contribution < -0.4 is 0 Å². The average Bonchev–Trinajstić information content (AvgIpc) is 2.18. The number of rotatable bonds is 3. The topological polar surface area (TPSA) is 23.6 Å². The lowest BCUT2D eigenvalue weighted by Crippen LogP contribution is -2.38. The highest BCUT2D eigenvalue weighted by molar-refractivity contribution is 14.1. The molecule has 1 amide bonds. The van der Waals surface area contributed by atoms with Gasteiger partial charge in [-0.2, -0.15) is 0 Å². The Bertz CT molecular complexity index is 169. The van der Waals surface area contributed by atoms with Crippen LogP contribution in [0.25, 0.3) is 0 Å². The highest BCUT2D eigenvalue weighted by Gasteiger charge is 2.16. The van der Waals surface area contributed by atoms with Crippen LogP contribution in [-0.4, -0.2) is 40.1 Å². The number of carbonyl (C=O) groups excluding carboxylic acids is 1. The van der Waals surface area contributed by atoms with Crippen molar-refractivity contribution < 1.29 is 4.79 Å². The maximum Gasteiger partial charge on any atom is 0.245 e. The average molecular weight is 296 g/mol. The van der Waals surface area contributed by atoms with Gasteiger partial charge in [0.1, 0.15) is 0 Å². The SMILES string of the molecule is CCN(I)C(=O)CN1CCCCC1. The Morgan fingerprint density at radius 2 is 2.00 bits per heavy atom. The second-order valence-corrected chi connectivity index (χ2v) is 4.57. The molecule has 1 fully saturated rings. The van der Waals surface area contributed by atoms with Crippen LogP contribution in [0.2, 0.25) is 0 Å². The van der Waals surface area contributed by atoms with E-state index in [-0.39, 0.29) is 5.91 Å². The standard InChI is InChI=1S/C9H17IN2O/c1-2-12(10)9(13)8-11-6-4-3-5-7-11/h2-8H2,1H3. The third-order valence-corrected chi connectivity index (χ3v) is 3.58. The molecule has 0 aromatic rings. The first-order chi connectivity index (χ1) is 6.24. The largest absolute Gasteiger partial charge is 0.294 e. The van der Waals surface area contributed by atoms with Gasteiger partial charge in [0.05, 0.1) is 29.4 Å². The van der Waals surface area contributed by atoms with E-state index in [2.05, 4.69) is 27.8 Å². The van der Waals surface area contributed by atoms with Crippen LogP contribution in [0, 0.1) is 0 Å². The van der Waals surface area contributed by atoms with Gasteiger partial charge in [-0.3, -0.25) is 12.8 Å². The summed E-state index contributed by atoms with van der Waals surface area (Å²) in [5.41, 5.74) is 0. The fourth-order valence-electron chi connectivity index (χ4n) is 1.56. The van der Waals surface area contributed by atoms with Crippen molar-refractivity contribution in [1.29, 1.82) is 0 Å². The van der Waals surface area contributed by atoms with Gasteiger partial charge in [0.2, 0.25) is 5.91 Å². The van der Waals surface area contributed by atoms with E-state index >= 15 is 0 Å². The van der Waals surface area contributed by atoms with E-state index in [0.29, 0.717) is 6.54 Å². The summed E-state index contributed by atoms with van der Waals surface area (Å²) in [4.78, 5) is 13.8. The van der Waals surface area contributed by atoms with Crippen molar-refractivity contribution in [1.82, 2.24) is 8.01 Å². The normalized spacial score (nSPS) is 18.6. The molecular weight excluding hydrogens is 279 g/mol. The molecule has 0 N–H and O–H groups in total. The van der Waals surface area contributed by atoms with Gasteiger partial charge in [0.15, 0.2) is 0 Å². The summed E-state index contributed by atoms with van der Waals surface area (Å²) in [6, 6.07) is 0. The smallest absolute Gasteiger partial charge is 0.245 e. The zero-order valence-corrected chi connectivity index (χ0v) is 10.3. The van der Waals surface area contributed by atoms with Crippen molar-refractivity contribution >= 4 is 28.8 Å². The van der Waals surface area contributed by atoms with Crippen LogP contribution in [0.15, 0.2) is 0 Å². The van der Waals surface area contributed by atoms with E-state index in [1.165, 1.54) is 19.3 Å². The predicted molar refractivity (Wildman–Crippen MR) is 61.7 cm³/mol. The molecular formula is C9H17IN2O. The summed E-state index contributed by atoms with van der Waals surface area (Å²) in [5.74, 6) is 0.241. The molecule has 13 heavy (non-hydrogen) atoms. The zero-order chi connectivity index (χ0) is 9.68. The number of nitrogens with zero attached hydrogens (tertiary/aromatic N) is 2. The molecule has 1 saturated heterocycles. The minimum Gasteiger partial charge on any atom is -0.294 e. The number of amides is 1. The summed E-state index contributed by atoms with van der Waals surface area (Å²) in [5, 5.41) is 0. The second kappa shape index (κ2) is 5.80. The van der Waals surface area contributed by atoms with E-state index < -0.39 is 0 Å². The molecule has 76 valence electrons. The molecule has 0 spiro atoms. The van der Waals surface area contributed by atoms with Gasteiger partial charge in [-0.25, -0.2) is 0 Å². The molecule has 3 nitrogen and oxygen atoms in total. The lowest BCUT2D eigenvalue weighted by atomic mass is 10.1. The quantitative estimate of drug-likeness (QED) is 0.584. The van der Waals surface area contributed by atoms with E-state index in [1.54, 1.807) is 3.11 Å². The fraction of sp³-hybridized carbons (Fsp3) is 0.889. The number of hydrogen-bond acceptors (Lipinski definition) is 2. The van der Waals surface area contributed by atoms with Crippen LogP contribution in [0.5, 0.6) is 0 Å². The third kappa shape index (κ3) is 3.81. The van der Waals surface area contributed by atoms with Crippen LogP contribution in [0.1, 0.15) is 26.2 Å². The Morgan fingerprint density at radius 3 is 2.54 bits per heavy atom. The summed E-state index contributed by atoms with van der Waals surface area (Å²) >= 11 is 2.08. The number of carbonyl (C=O) groups is 1. The first kappa shape index (κ1) is 11.2. The molecule has 0 atom stereocenters. The maximum absolute atomic E-state index is 11.5. The van der Waals surface area contributed by atoms with Crippen LogP contribution in [0.4, 0.5) is 0 Å². The first-order valence-electron chi connectivity index (χ1n) is 4.92. The summed E-state index contributed by atoms with van der Waals surface area (Å²) in [7, 11) is 0. The minimum atomic E-state index is 0.241. The molecule has 0 aliphatic carbocycles. The summed E-state index contributed by atoms with van der Waals surface area (Å²) < 4.78 is 1.76. The van der Waals surface area contributed by atoms with E-state index in [0.717, 1.165) is 19.6 Å². The monoisotopic (exact) mass is 296 g/mol. The van der Waals surface area contributed by atoms with Gasteiger partial charge < -0.3 is 0 Å². The Balaban J connectivity index is 2.26. The van der Waals surface area contributed by atoms with Crippen LogP contribution >= 0.6 is 22.9 Å². The number of likely N-dealkylation sites (tertiary alicyclic amines) is 1. The van der Waals surface area contributed by atoms with Gasteiger partial charge >= 0.3 is 0 Å². The van der Waals surface area contributed by atoms with Crippen molar-refractivity contribution in [3.63, 3.8) is 0 Å². The number of likely N-dealkylation sites (N-methyl/N-ethyl adjacent to an activating group) is 1. The number of piperidine rings is 1. The van der Waals surface area contributed by atoms with Gasteiger partial charge in [-0.15, -0.1) is 0 Å². The Morgan fingerprint density at radius 1 is 1.38 bits per heavy atom. The van der Waals surface area contributed by atoms with Crippen LogP contribution in [-0.2, 0) is 4.79 Å². The van der Waals surface area contributed by atoms with E-state index in [9.17, 15) is 4.79 Å². The lowest BCUT2D eigenvalue weighted by molar-refractivity contribution is -0.126. The predicted octanol–water partition coefficient (Wildman–Crippen LogP) is 1.67. The molecule has 1 rings (SSSR count). The zero-order valence-electron chi connectivity index (χ0n) is 8.13. The van der Waals surface area contributed by atoms with Crippen molar-refractivity contribution in [2.45, 2.75) is 26.2 Å². The number of hydrogen-bond donors (Lipinski definition) is 0. The van der Waals surface area contributed by atoms with Gasteiger partial charge in [-0.1, -0.05) is 6.42 Å². The molecule has 0 radical (unpaired) electrons. The van der Waals surface area contributed by atoms with Gasteiger partial charge in [-0.05, 0) is 32.9 Å². The Hall–Kier alpha value is 0.160. The molecule has 0 unspecified atom stereocenters. The first-order valence-corrected chi connectivity index (χ1v) is 5.89. The lowest BCUT2D eigenvalue weighted by Gasteiger charge is -2.26. The summed E-state index contributed by atoms with van der Waals surface area (Å²) in [6.45, 7) is 5.60. The summed E-state index contributed by atoms with van der Waals surface area (Å²) in [6.07, 6.45) is 3.83. The molecule has 1 heterocycles. The van der Waals surface area contributed by atoms with Gasteiger partial charge in [0, 0.05) is 6.54 Å². The van der Waals surface area contributed by atoms with E-state index in [1.807, 2.05) is 6.92 Å². The van der Waals surface area contributed by atoms with Gasteiger partial charge in [0.25, 0.3) is 0 Å². The maximum atomic E-state index is 11.5. The van der Waals surface area contributed by atoms with E-state index in [4.69, 9.17) is 0 Å². The Labute approximate surface area is 94.0 Å². The van der Waals surface area contributed by atoms with Crippen molar-refractivity contribution in [2.24, 2.45) is 0 Å².